The number of methoxy groups -OCH3 is 1. The van der Waals surface area contributed by atoms with Crippen molar-refractivity contribution in [2.45, 2.75) is 35.1 Å². The molecule has 1 aromatic rings. The van der Waals surface area contributed by atoms with Crippen molar-refractivity contribution >= 4 is 23.5 Å². The molecule has 2 nitrogen and oxygen atoms in total. The lowest BCUT2D eigenvalue weighted by Crippen LogP contribution is -2.23. The zero-order valence-electron chi connectivity index (χ0n) is 9.99. The molecule has 2 aliphatic heterocycles. The summed E-state index contributed by atoms with van der Waals surface area (Å²) < 4.78 is 5.53. The number of thioether (sulfide) groups is 2. The predicted octanol–water partition coefficient (Wildman–Crippen LogP) is 3.15. The fourth-order valence-corrected chi connectivity index (χ4v) is 4.93. The van der Waals surface area contributed by atoms with Crippen molar-refractivity contribution in [3.05, 3.63) is 17.7 Å². The van der Waals surface area contributed by atoms with Gasteiger partial charge in [0.25, 0.3) is 0 Å². The van der Waals surface area contributed by atoms with E-state index in [0.717, 1.165) is 17.3 Å². The molecule has 2 aliphatic rings. The van der Waals surface area contributed by atoms with Crippen molar-refractivity contribution < 1.29 is 4.74 Å². The van der Waals surface area contributed by atoms with Crippen molar-refractivity contribution in [1.29, 1.82) is 0 Å². The Morgan fingerprint density at radius 3 is 2.88 bits per heavy atom. The van der Waals surface area contributed by atoms with E-state index in [9.17, 15) is 0 Å². The van der Waals surface area contributed by atoms with Gasteiger partial charge in [-0.2, -0.15) is 0 Å². The third-order valence-corrected chi connectivity index (χ3v) is 5.77. The first-order chi connectivity index (χ1) is 8.36. The van der Waals surface area contributed by atoms with Crippen LogP contribution in [0.1, 0.15) is 18.4 Å². The van der Waals surface area contributed by atoms with Gasteiger partial charge in [0.05, 0.1) is 7.11 Å². The summed E-state index contributed by atoms with van der Waals surface area (Å²) in [6.07, 6.45) is 3.70. The molecule has 4 heteroatoms. The van der Waals surface area contributed by atoms with Crippen molar-refractivity contribution in [3.8, 4) is 5.75 Å². The van der Waals surface area contributed by atoms with Crippen LogP contribution in [0.5, 0.6) is 5.75 Å². The van der Waals surface area contributed by atoms with Gasteiger partial charge in [0, 0.05) is 20.9 Å². The first-order valence-electron chi connectivity index (χ1n) is 6.06. The number of fused-ring (bicyclic) bond motifs is 1. The van der Waals surface area contributed by atoms with Gasteiger partial charge in [-0.3, -0.25) is 0 Å². The second kappa shape index (κ2) is 5.12. The Hall–Kier alpha value is -0.320. The van der Waals surface area contributed by atoms with Gasteiger partial charge in [-0.15, -0.1) is 23.5 Å². The summed E-state index contributed by atoms with van der Waals surface area (Å²) in [5, 5.41) is 4.70. The van der Waals surface area contributed by atoms with Gasteiger partial charge in [0.1, 0.15) is 5.75 Å². The highest BCUT2D eigenvalue weighted by molar-refractivity contribution is 8.18. The molecule has 1 aromatic carbocycles. The van der Waals surface area contributed by atoms with E-state index in [1.165, 1.54) is 34.7 Å². The molecule has 0 bridgehead atoms. The van der Waals surface area contributed by atoms with Gasteiger partial charge < -0.3 is 10.1 Å². The summed E-state index contributed by atoms with van der Waals surface area (Å²) in [6.45, 7) is 1.17. The molecule has 1 fully saturated rings. The summed E-state index contributed by atoms with van der Waals surface area (Å²) in [5.74, 6) is 1.06. The second-order valence-corrected chi connectivity index (χ2v) is 6.91. The Bertz CT molecular complexity index is 416. The van der Waals surface area contributed by atoms with Crippen molar-refractivity contribution in [2.75, 3.05) is 18.7 Å². The zero-order valence-corrected chi connectivity index (χ0v) is 11.6. The predicted molar refractivity (Wildman–Crippen MR) is 74.3 cm³/mol. The van der Waals surface area contributed by atoms with E-state index < -0.39 is 0 Å². The minimum Gasteiger partial charge on any atom is -0.496 e. The monoisotopic (exact) mass is 267 g/mol. The topological polar surface area (TPSA) is 21.3 Å². The fraction of sp³-hybridized carbons (Fsp3) is 0.538. The summed E-state index contributed by atoms with van der Waals surface area (Å²) in [6, 6.07) is 5.18. The quantitative estimate of drug-likeness (QED) is 0.908. The molecular weight excluding hydrogens is 250 g/mol. The summed E-state index contributed by atoms with van der Waals surface area (Å²) in [5.41, 5.74) is 1.36. The molecule has 1 atom stereocenters. The van der Waals surface area contributed by atoms with Gasteiger partial charge in [-0.25, -0.2) is 0 Å². The summed E-state index contributed by atoms with van der Waals surface area (Å²) in [4.78, 5) is 2.82. The maximum Gasteiger partial charge on any atom is 0.123 e. The van der Waals surface area contributed by atoms with Crippen LogP contribution in [0.4, 0.5) is 0 Å². The van der Waals surface area contributed by atoms with Crippen LogP contribution in [0.2, 0.25) is 0 Å². The highest BCUT2D eigenvalue weighted by Gasteiger charge is 2.20. The van der Waals surface area contributed by atoms with Crippen molar-refractivity contribution in [1.82, 2.24) is 5.32 Å². The molecule has 0 spiro atoms. The van der Waals surface area contributed by atoms with Gasteiger partial charge >= 0.3 is 0 Å². The molecule has 0 radical (unpaired) electrons. The highest BCUT2D eigenvalue weighted by Crippen LogP contribution is 2.44. The number of hydrogen-bond donors (Lipinski definition) is 1. The van der Waals surface area contributed by atoms with Crippen LogP contribution < -0.4 is 10.1 Å². The summed E-state index contributed by atoms with van der Waals surface area (Å²) >= 11 is 3.86. The number of benzene rings is 1. The maximum atomic E-state index is 5.53. The first kappa shape index (κ1) is 11.8. The molecule has 92 valence electrons. The Kier molecular flexibility index (Phi) is 3.54. The molecule has 0 amide bonds. The van der Waals surface area contributed by atoms with E-state index in [0.29, 0.717) is 6.04 Å². The Labute approximate surface area is 111 Å². The normalized spacial score (nSPS) is 22.8. The van der Waals surface area contributed by atoms with Gasteiger partial charge in [-0.1, -0.05) is 0 Å². The van der Waals surface area contributed by atoms with Gasteiger partial charge in [0.15, 0.2) is 0 Å². The molecule has 0 saturated carbocycles. The van der Waals surface area contributed by atoms with Gasteiger partial charge in [0.2, 0.25) is 0 Å². The van der Waals surface area contributed by atoms with Crippen LogP contribution in [-0.4, -0.2) is 24.8 Å². The van der Waals surface area contributed by atoms with Gasteiger partial charge in [-0.05, 0) is 43.5 Å². The average Bonchev–Trinajstić information content (AvgIpc) is 2.98. The van der Waals surface area contributed by atoms with Crippen LogP contribution in [0, 0.1) is 0 Å². The van der Waals surface area contributed by atoms with E-state index in [1.54, 1.807) is 7.11 Å². The number of ether oxygens (including phenoxy) is 1. The standard InChI is InChI=1S/C13H17NOS2/c1-15-11-7-13-12(16-8-17-13)6-9(11)5-10-3-2-4-14-10/h6-7,10,14H,2-5,8H2,1H3. The van der Waals surface area contributed by atoms with E-state index in [-0.39, 0.29) is 0 Å². The Balaban J connectivity index is 1.86. The largest absolute Gasteiger partial charge is 0.496 e. The molecule has 1 saturated heterocycles. The zero-order chi connectivity index (χ0) is 11.7. The highest BCUT2D eigenvalue weighted by atomic mass is 32.2. The van der Waals surface area contributed by atoms with Crippen molar-refractivity contribution in [2.24, 2.45) is 0 Å². The first-order valence-corrected chi connectivity index (χ1v) is 8.04. The molecule has 0 aromatic heterocycles. The maximum absolute atomic E-state index is 5.53. The lowest BCUT2D eigenvalue weighted by atomic mass is 10.0. The van der Waals surface area contributed by atoms with E-state index in [2.05, 4.69) is 17.4 Å². The van der Waals surface area contributed by atoms with Crippen LogP contribution in [0.25, 0.3) is 0 Å². The molecule has 17 heavy (non-hydrogen) atoms. The lowest BCUT2D eigenvalue weighted by Gasteiger charge is -2.14. The third kappa shape index (κ3) is 2.44. The smallest absolute Gasteiger partial charge is 0.123 e. The molecular formula is C13H17NOS2. The Morgan fingerprint density at radius 1 is 1.35 bits per heavy atom. The second-order valence-electron chi connectivity index (χ2n) is 4.51. The van der Waals surface area contributed by atoms with E-state index >= 15 is 0 Å². The van der Waals surface area contributed by atoms with Crippen LogP contribution in [-0.2, 0) is 6.42 Å². The number of hydrogen-bond acceptors (Lipinski definition) is 4. The number of nitrogens with one attached hydrogen (secondary N) is 1. The van der Waals surface area contributed by atoms with Crippen molar-refractivity contribution in [3.63, 3.8) is 0 Å². The van der Waals surface area contributed by atoms with Crippen LogP contribution >= 0.6 is 23.5 Å². The third-order valence-electron chi connectivity index (χ3n) is 3.40. The SMILES string of the molecule is COc1cc2c(cc1CC1CCCN1)SCS2. The van der Waals surface area contributed by atoms with E-state index in [1.807, 2.05) is 23.5 Å². The Morgan fingerprint density at radius 2 is 2.18 bits per heavy atom. The summed E-state index contributed by atoms with van der Waals surface area (Å²) in [7, 11) is 1.78. The van der Waals surface area contributed by atoms with Crippen LogP contribution in [0.3, 0.4) is 0 Å². The average molecular weight is 267 g/mol. The van der Waals surface area contributed by atoms with Crippen LogP contribution in [0.15, 0.2) is 21.9 Å². The molecule has 1 N–H and O–H groups in total. The number of rotatable bonds is 3. The van der Waals surface area contributed by atoms with E-state index in [4.69, 9.17) is 4.74 Å². The molecule has 3 rings (SSSR count). The minimum absolute atomic E-state index is 0.640. The molecule has 0 aliphatic carbocycles. The molecule has 2 heterocycles. The molecule has 1 unspecified atom stereocenters. The minimum atomic E-state index is 0.640. The lowest BCUT2D eigenvalue weighted by molar-refractivity contribution is 0.405. The fourth-order valence-electron chi connectivity index (χ4n) is 2.51.